The number of nitrogens with one attached hydrogen (secondary N) is 1. The molecule has 3 rings (SSSR count). The van der Waals surface area contributed by atoms with Crippen molar-refractivity contribution in [2.75, 3.05) is 20.1 Å². The molecule has 0 atom stereocenters. The monoisotopic (exact) mass is 258 g/mol. The molecule has 1 saturated heterocycles. The first-order valence-electron chi connectivity index (χ1n) is 7.27. The summed E-state index contributed by atoms with van der Waals surface area (Å²) < 4.78 is 0. The van der Waals surface area contributed by atoms with Gasteiger partial charge in [-0.15, -0.1) is 0 Å². The summed E-state index contributed by atoms with van der Waals surface area (Å²) in [6.07, 6.45) is 4.16. The molecule has 3 heteroatoms. The molecule has 1 amide bonds. The Bertz CT molecular complexity index is 447. The number of benzene rings is 1. The second-order valence-corrected chi connectivity index (χ2v) is 5.85. The number of hydrogen-bond donors (Lipinski definition) is 1. The third-order valence-corrected chi connectivity index (χ3v) is 4.61. The molecule has 0 radical (unpaired) electrons. The molecule has 2 aliphatic rings. The van der Waals surface area contributed by atoms with Crippen molar-refractivity contribution in [3.63, 3.8) is 0 Å². The SMILES string of the molecule is CN(C(=O)C1(c2ccccc2)CCNCC1)C1CC1. The van der Waals surface area contributed by atoms with Crippen LogP contribution >= 0.6 is 0 Å². The van der Waals surface area contributed by atoms with Crippen LogP contribution in [0, 0.1) is 0 Å². The second-order valence-electron chi connectivity index (χ2n) is 5.85. The third-order valence-electron chi connectivity index (χ3n) is 4.61. The van der Waals surface area contributed by atoms with Gasteiger partial charge in [0, 0.05) is 13.1 Å². The summed E-state index contributed by atoms with van der Waals surface area (Å²) in [6.45, 7) is 1.86. The van der Waals surface area contributed by atoms with Crippen molar-refractivity contribution in [2.45, 2.75) is 37.1 Å². The van der Waals surface area contributed by atoms with Gasteiger partial charge in [-0.1, -0.05) is 30.3 Å². The third kappa shape index (κ3) is 2.27. The lowest BCUT2D eigenvalue weighted by Gasteiger charge is -2.39. The molecule has 1 aliphatic carbocycles. The average molecular weight is 258 g/mol. The van der Waals surface area contributed by atoms with Crippen LogP contribution in [0.1, 0.15) is 31.2 Å². The molecular formula is C16H22N2O. The fourth-order valence-corrected chi connectivity index (χ4v) is 3.20. The fourth-order valence-electron chi connectivity index (χ4n) is 3.20. The molecular weight excluding hydrogens is 236 g/mol. The van der Waals surface area contributed by atoms with E-state index in [0.29, 0.717) is 11.9 Å². The van der Waals surface area contributed by atoms with Crippen molar-refractivity contribution in [1.29, 1.82) is 0 Å². The Hall–Kier alpha value is -1.35. The van der Waals surface area contributed by atoms with Crippen molar-refractivity contribution in [3.8, 4) is 0 Å². The van der Waals surface area contributed by atoms with E-state index in [1.54, 1.807) is 0 Å². The maximum atomic E-state index is 13.0. The van der Waals surface area contributed by atoms with Crippen LogP contribution < -0.4 is 5.32 Å². The van der Waals surface area contributed by atoms with Crippen LogP contribution in [0.5, 0.6) is 0 Å². The van der Waals surface area contributed by atoms with E-state index in [1.165, 1.54) is 18.4 Å². The van der Waals surface area contributed by atoms with Crippen LogP contribution in [-0.4, -0.2) is 37.0 Å². The first kappa shape index (κ1) is 12.7. The van der Waals surface area contributed by atoms with Gasteiger partial charge in [0.1, 0.15) is 0 Å². The molecule has 0 aromatic heterocycles. The van der Waals surface area contributed by atoms with Crippen LogP contribution in [-0.2, 0) is 10.2 Å². The Morgan fingerprint density at radius 1 is 1.21 bits per heavy atom. The van der Waals surface area contributed by atoms with E-state index in [9.17, 15) is 4.79 Å². The van der Waals surface area contributed by atoms with Gasteiger partial charge in [0.2, 0.25) is 5.91 Å². The van der Waals surface area contributed by atoms with Gasteiger partial charge in [0.15, 0.2) is 0 Å². The van der Waals surface area contributed by atoms with Gasteiger partial charge in [-0.05, 0) is 44.3 Å². The molecule has 0 bridgehead atoms. The number of amides is 1. The summed E-state index contributed by atoms with van der Waals surface area (Å²) >= 11 is 0. The highest BCUT2D eigenvalue weighted by atomic mass is 16.2. The molecule has 1 aliphatic heterocycles. The summed E-state index contributed by atoms with van der Waals surface area (Å²) in [7, 11) is 1.98. The number of carbonyl (C=O) groups excluding carboxylic acids is 1. The van der Waals surface area contributed by atoms with E-state index in [1.807, 2.05) is 30.1 Å². The Morgan fingerprint density at radius 2 is 1.84 bits per heavy atom. The molecule has 1 aromatic rings. The lowest BCUT2D eigenvalue weighted by molar-refractivity contribution is -0.137. The van der Waals surface area contributed by atoms with Crippen molar-refractivity contribution in [3.05, 3.63) is 35.9 Å². The van der Waals surface area contributed by atoms with Crippen LogP contribution in [0.15, 0.2) is 30.3 Å². The highest BCUT2D eigenvalue weighted by Crippen LogP contribution is 2.38. The summed E-state index contributed by atoms with van der Waals surface area (Å²) in [5.74, 6) is 0.322. The Labute approximate surface area is 115 Å². The molecule has 0 unspecified atom stereocenters. The van der Waals surface area contributed by atoms with Crippen molar-refractivity contribution < 1.29 is 4.79 Å². The standard InChI is InChI=1S/C16H22N2O/c1-18(14-7-8-14)15(19)16(9-11-17-12-10-16)13-5-3-2-4-6-13/h2-6,14,17H,7-12H2,1H3. The van der Waals surface area contributed by atoms with Gasteiger partial charge in [-0.2, -0.15) is 0 Å². The molecule has 102 valence electrons. The van der Waals surface area contributed by atoms with Crippen molar-refractivity contribution in [1.82, 2.24) is 10.2 Å². The molecule has 0 spiro atoms. The molecule has 19 heavy (non-hydrogen) atoms. The minimum Gasteiger partial charge on any atom is -0.342 e. The van der Waals surface area contributed by atoms with Crippen molar-refractivity contribution >= 4 is 5.91 Å². The smallest absolute Gasteiger partial charge is 0.233 e. The maximum absolute atomic E-state index is 13.0. The lowest BCUT2D eigenvalue weighted by atomic mass is 9.72. The number of hydrogen-bond acceptors (Lipinski definition) is 2. The first-order valence-corrected chi connectivity index (χ1v) is 7.27. The maximum Gasteiger partial charge on any atom is 0.233 e. The van der Waals surface area contributed by atoms with Crippen molar-refractivity contribution in [2.24, 2.45) is 0 Å². The molecule has 1 aromatic carbocycles. The number of carbonyl (C=O) groups is 1. The Balaban J connectivity index is 1.94. The molecule has 1 saturated carbocycles. The van der Waals surface area contributed by atoms with Gasteiger partial charge in [0.25, 0.3) is 0 Å². The zero-order valence-electron chi connectivity index (χ0n) is 11.6. The van der Waals surface area contributed by atoms with Gasteiger partial charge in [0.05, 0.1) is 5.41 Å². The largest absolute Gasteiger partial charge is 0.342 e. The van der Waals surface area contributed by atoms with E-state index in [-0.39, 0.29) is 5.41 Å². The normalized spacial score (nSPS) is 21.9. The number of piperidine rings is 1. The summed E-state index contributed by atoms with van der Waals surface area (Å²) in [4.78, 5) is 15.0. The van der Waals surface area contributed by atoms with E-state index >= 15 is 0 Å². The van der Waals surface area contributed by atoms with Crippen LogP contribution in [0.25, 0.3) is 0 Å². The number of rotatable bonds is 3. The summed E-state index contributed by atoms with van der Waals surface area (Å²) in [6, 6.07) is 10.8. The number of nitrogens with zero attached hydrogens (tertiary/aromatic N) is 1. The minimum atomic E-state index is -0.302. The van der Waals surface area contributed by atoms with Gasteiger partial charge >= 0.3 is 0 Å². The van der Waals surface area contributed by atoms with E-state index in [0.717, 1.165) is 25.9 Å². The molecule has 1 heterocycles. The minimum absolute atomic E-state index is 0.302. The van der Waals surface area contributed by atoms with Crippen LogP contribution in [0.3, 0.4) is 0 Å². The quantitative estimate of drug-likeness (QED) is 0.898. The van der Waals surface area contributed by atoms with E-state index < -0.39 is 0 Å². The van der Waals surface area contributed by atoms with Crippen LogP contribution in [0.4, 0.5) is 0 Å². The Morgan fingerprint density at radius 3 is 2.42 bits per heavy atom. The lowest BCUT2D eigenvalue weighted by Crippen LogP contribution is -2.51. The van der Waals surface area contributed by atoms with Gasteiger partial charge in [-0.3, -0.25) is 4.79 Å². The Kier molecular flexibility index (Phi) is 3.31. The topological polar surface area (TPSA) is 32.3 Å². The zero-order valence-corrected chi connectivity index (χ0v) is 11.6. The second kappa shape index (κ2) is 4.97. The molecule has 1 N–H and O–H groups in total. The highest BCUT2D eigenvalue weighted by Gasteiger charge is 2.45. The van der Waals surface area contributed by atoms with E-state index in [2.05, 4.69) is 17.4 Å². The fraction of sp³-hybridized carbons (Fsp3) is 0.562. The molecule has 2 fully saturated rings. The molecule has 3 nitrogen and oxygen atoms in total. The first-order chi connectivity index (χ1) is 9.24. The summed E-state index contributed by atoms with van der Waals surface area (Å²) in [5.41, 5.74) is 0.887. The van der Waals surface area contributed by atoms with E-state index in [4.69, 9.17) is 0 Å². The highest BCUT2D eigenvalue weighted by molar-refractivity contribution is 5.88. The predicted molar refractivity (Wildman–Crippen MR) is 76.0 cm³/mol. The number of likely N-dealkylation sites (N-methyl/N-ethyl adjacent to an activating group) is 1. The van der Waals surface area contributed by atoms with Crippen LogP contribution in [0.2, 0.25) is 0 Å². The van der Waals surface area contributed by atoms with Gasteiger partial charge < -0.3 is 10.2 Å². The average Bonchev–Trinajstić information content (AvgIpc) is 3.32. The van der Waals surface area contributed by atoms with Gasteiger partial charge in [-0.25, -0.2) is 0 Å². The zero-order chi connectivity index (χ0) is 13.3. The predicted octanol–water partition coefficient (Wildman–Crippen LogP) is 1.93. The summed E-state index contributed by atoms with van der Waals surface area (Å²) in [5, 5.41) is 3.38.